The van der Waals surface area contributed by atoms with E-state index in [9.17, 15) is 29.4 Å². The third-order valence-corrected chi connectivity index (χ3v) is 9.72. The summed E-state index contributed by atoms with van der Waals surface area (Å²) < 4.78 is 27.8. The van der Waals surface area contributed by atoms with Gasteiger partial charge in [0, 0.05) is 29.9 Å². The molecule has 0 aromatic rings. The minimum Gasteiger partial charge on any atom is -0.467 e. The first-order chi connectivity index (χ1) is 16.9. The highest BCUT2D eigenvalue weighted by molar-refractivity contribution is 5.89. The number of allylic oxidation sites excluding steroid dienone is 2. The minimum atomic E-state index is -2.15. The molecule has 2 bridgehead atoms. The molecule has 36 heavy (non-hydrogen) atoms. The molecule has 2 saturated carbocycles. The van der Waals surface area contributed by atoms with Gasteiger partial charge in [-0.25, -0.2) is 14.4 Å². The number of fused-ring (bicyclic) bond motifs is 3. The average molecular weight is 504 g/mol. The number of aliphatic hydroxyl groups is 2. The molecular weight excluding hydrogens is 476 g/mol. The van der Waals surface area contributed by atoms with E-state index in [4.69, 9.17) is 23.7 Å². The summed E-state index contributed by atoms with van der Waals surface area (Å²) in [6.45, 7) is 4.84. The summed E-state index contributed by atoms with van der Waals surface area (Å²) in [6, 6.07) is 0. The second kappa shape index (κ2) is 7.17. The fourth-order valence-corrected chi connectivity index (χ4v) is 8.58. The van der Waals surface area contributed by atoms with E-state index in [0.717, 1.165) is 19.6 Å². The standard InChI is InChI=1S/C25H28O11/c1-9-11-5-15(27)35-13(11)7-23(3)12(9)6-14-24-8-33-25(22(31)32-4,20(29)16(28)18(23)24)19(24)17(21(30)36-14)34-10(2)26/h5,7,9,12,14,16-20,28-29H,6,8H2,1-4H3/t9-,12?,14-,16-,17-,18?,19-,20+,23+,24-,25-/m1/s1. The fourth-order valence-electron chi connectivity index (χ4n) is 8.58. The molecule has 2 unspecified atom stereocenters. The van der Waals surface area contributed by atoms with E-state index in [1.807, 2.05) is 13.8 Å². The Morgan fingerprint density at radius 2 is 1.92 bits per heavy atom. The van der Waals surface area contributed by atoms with Gasteiger partial charge >= 0.3 is 23.9 Å². The predicted molar refractivity (Wildman–Crippen MR) is 115 cm³/mol. The van der Waals surface area contributed by atoms with Crippen molar-refractivity contribution < 1.29 is 53.1 Å². The third-order valence-electron chi connectivity index (χ3n) is 9.72. The molecule has 0 radical (unpaired) electrons. The van der Waals surface area contributed by atoms with Crippen LogP contribution in [0.25, 0.3) is 0 Å². The molecule has 2 N–H and O–H groups in total. The van der Waals surface area contributed by atoms with Crippen LogP contribution in [-0.4, -0.2) is 77.8 Å². The molecule has 1 spiro atoms. The van der Waals surface area contributed by atoms with Crippen LogP contribution in [0.5, 0.6) is 0 Å². The van der Waals surface area contributed by atoms with Gasteiger partial charge in [0.05, 0.1) is 25.7 Å². The quantitative estimate of drug-likeness (QED) is 0.379. The van der Waals surface area contributed by atoms with Crippen LogP contribution >= 0.6 is 0 Å². The van der Waals surface area contributed by atoms with Crippen molar-refractivity contribution >= 4 is 23.9 Å². The summed E-state index contributed by atoms with van der Waals surface area (Å²) in [5.41, 5.74) is -3.49. The van der Waals surface area contributed by atoms with Crippen molar-refractivity contribution in [1.29, 1.82) is 0 Å². The van der Waals surface area contributed by atoms with Crippen LogP contribution in [0.15, 0.2) is 23.5 Å². The Kier molecular flexibility index (Phi) is 4.71. The van der Waals surface area contributed by atoms with Crippen LogP contribution in [0.4, 0.5) is 0 Å². The summed E-state index contributed by atoms with van der Waals surface area (Å²) in [5.74, 6) is -5.08. The molecule has 194 valence electrons. The molecule has 0 aromatic carbocycles. The van der Waals surface area contributed by atoms with E-state index in [-0.39, 0.29) is 18.4 Å². The van der Waals surface area contributed by atoms with Crippen molar-refractivity contribution in [2.75, 3.05) is 13.7 Å². The van der Waals surface area contributed by atoms with Crippen molar-refractivity contribution in [1.82, 2.24) is 0 Å². The van der Waals surface area contributed by atoms with Gasteiger partial charge in [-0.1, -0.05) is 13.8 Å². The molecule has 3 aliphatic carbocycles. The Morgan fingerprint density at radius 3 is 2.58 bits per heavy atom. The fraction of sp³-hybridized carbons (Fsp3) is 0.680. The Bertz CT molecular complexity index is 1160. The summed E-state index contributed by atoms with van der Waals surface area (Å²) in [7, 11) is 1.11. The molecule has 0 amide bonds. The highest BCUT2D eigenvalue weighted by Crippen LogP contribution is 2.73. The van der Waals surface area contributed by atoms with Crippen molar-refractivity contribution in [2.45, 2.75) is 57.2 Å². The molecule has 3 aliphatic heterocycles. The van der Waals surface area contributed by atoms with E-state index in [0.29, 0.717) is 12.2 Å². The number of carbonyl (C=O) groups is 4. The van der Waals surface area contributed by atoms with Gasteiger partial charge in [0.1, 0.15) is 18.0 Å². The van der Waals surface area contributed by atoms with Crippen LogP contribution in [0.3, 0.4) is 0 Å². The first kappa shape index (κ1) is 23.6. The van der Waals surface area contributed by atoms with Crippen molar-refractivity contribution in [3.05, 3.63) is 23.5 Å². The lowest BCUT2D eigenvalue weighted by molar-refractivity contribution is -0.288. The largest absolute Gasteiger partial charge is 0.467 e. The van der Waals surface area contributed by atoms with Crippen molar-refractivity contribution in [3.63, 3.8) is 0 Å². The number of hydrogen-bond donors (Lipinski definition) is 2. The van der Waals surface area contributed by atoms with Gasteiger partial charge in [0.15, 0.2) is 0 Å². The third kappa shape index (κ3) is 2.48. The Hall–Kier alpha value is -2.76. The summed E-state index contributed by atoms with van der Waals surface area (Å²) >= 11 is 0. The van der Waals surface area contributed by atoms with Gasteiger partial charge in [0.2, 0.25) is 11.7 Å². The van der Waals surface area contributed by atoms with Crippen LogP contribution in [0, 0.1) is 34.5 Å². The monoisotopic (exact) mass is 504 g/mol. The van der Waals surface area contributed by atoms with Crippen LogP contribution in [0.1, 0.15) is 27.2 Å². The molecule has 4 fully saturated rings. The molecule has 11 nitrogen and oxygen atoms in total. The Labute approximate surface area is 206 Å². The lowest BCUT2D eigenvalue weighted by Gasteiger charge is -2.67. The molecule has 11 heteroatoms. The van der Waals surface area contributed by atoms with Crippen molar-refractivity contribution in [2.24, 2.45) is 34.5 Å². The van der Waals surface area contributed by atoms with E-state index in [2.05, 4.69) is 0 Å². The highest BCUT2D eigenvalue weighted by atomic mass is 16.6. The Balaban J connectivity index is 1.60. The molecule has 11 atom stereocenters. The minimum absolute atomic E-state index is 0.149. The van der Waals surface area contributed by atoms with E-state index < -0.39 is 76.6 Å². The zero-order chi connectivity index (χ0) is 25.9. The average Bonchev–Trinajstić information content (AvgIpc) is 3.33. The predicted octanol–water partition coefficient (Wildman–Crippen LogP) is -0.217. The topological polar surface area (TPSA) is 155 Å². The molecule has 3 heterocycles. The zero-order valence-corrected chi connectivity index (χ0v) is 20.3. The first-order valence-corrected chi connectivity index (χ1v) is 12.1. The molecular formula is C25H28O11. The van der Waals surface area contributed by atoms with Gasteiger partial charge in [-0.15, -0.1) is 0 Å². The highest BCUT2D eigenvalue weighted by Gasteiger charge is 2.85. The van der Waals surface area contributed by atoms with E-state index >= 15 is 0 Å². The molecule has 6 aliphatic rings. The first-order valence-electron chi connectivity index (χ1n) is 12.1. The van der Waals surface area contributed by atoms with Crippen molar-refractivity contribution in [3.8, 4) is 0 Å². The van der Waals surface area contributed by atoms with Gasteiger partial charge in [-0.2, -0.15) is 0 Å². The van der Waals surface area contributed by atoms with Gasteiger partial charge < -0.3 is 33.9 Å². The normalized spacial score (nSPS) is 49.9. The van der Waals surface area contributed by atoms with Crippen LogP contribution in [-0.2, 0) is 42.9 Å². The maximum absolute atomic E-state index is 13.2. The van der Waals surface area contributed by atoms with E-state index in [1.165, 1.54) is 6.08 Å². The molecule has 0 aromatic heterocycles. The van der Waals surface area contributed by atoms with Gasteiger partial charge in [-0.05, 0) is 29.7 Å². The van der Waals surface area contributed by atoms with Gasteiger partial charge in [0.25, 0.3) is 0 Å². The maximum Gasteiger partial charge on any atom is 0.348 e. The SMILES string of the molecule is COC(=O)[C@]12OC[C@]34C([C@@H](O)[C@@H]1O)[C@@]1(C)C=C5OC(=O)C=C5[C@@H](C)C1C[C@H]3OC(=O)[C@H](OC(C)=O)[C@@H]24. The van der Waals surface area contributed by atoms with Gasteiger partial charge in [-0.3, -0.25) is 4.79 Å². The number of methoxy groups -OCH3 is 1. The summed E-state index contributed by atoms with van der Waals surface area (Å²) in [5, 5.41) is 23.2. The second-order valence-corrected chi connectivity index (χ2v) is 11.1. The lowest BCUT2D eigenvalue weighted by atomic mass is 9.38. The molecule has 2 saturated heterocycles. The number of aliphatic hydroxyl groups excluding tert-OH is 2. The number of esters is 4. The lowest BCUT2D eigenvalue weighted by Crippen LogP contribution is -2.79. The Morgan fingerprint density at radius 1 is 1.19 bits per heavy atom. The van der Waals surface area contributed by atoms with Crippen LogP contribution < -0.4 is 0 Å². The molecule has 6 rings (SSSR count). The number of ether oxygens (including phenoxy) is 5. The number of hydrogen-bond acceptors (Lipinski definition) is 11. The maximum atomic E-state index is 13.2. The van der Waals surface area contributed by atoms with E-state index in [1.54, 1.807) is 6.08 Å². The van der Waals surface area contributed by atoms with Crippen LogP contribution in [0.2, 0.25) is 0 Å². The smallest absolute Gasteiger partial charge is 0.348 e. The summed E-state index contributed by atoms with van der Waals surface area (Å²) in [4.78, 5) is 50.6. The number of carbonyl (C=O) groups excluding carboxylic acids is 4. The number of rotatable bonds is 2. The summed E-state index contributed by atoms with van der Waals surface area (Å²) in [6.07, 6.45) is -2.08. The second-order valence-electron chi connectivity index (χ2n) is 11.1. The zero-order valence-electron chi connectivity index (χ0n) is 20.3.